The van der Waals surface area contributed by atoms with Crippen LogP contribution < -0.4 is 21.2 Å². The van der Waals surface area contributed by atoms with Crippen LogP contribution in [0, 0.1) is 5.92 Å². The van der Waals surface area contributed by atoms with Gasteiger partial charge in [0.25, 0.3) is 0 Å². The van der Waals surface area contributed by atoms with Crippen LogP contribution in [0.4, 0.5) is 0 Å². The van der Waals surface area contributed by atoms with Crippen LogP contribution in [0.3, 0.4) is 0 Å². The number of benzene rings is 4. The van der Waals surface area contributed by atoms with Crippen molar-refractivity contribution in [1.82, 2.24) is 0 Å². The molecule has 0 amide bonds. The zero-order valence-corrected chi connectivity index (χ0v) is 26.7. The van der Waals surface area contributed by atoms with Crippen LogP contribution >= 0.6 is 26.0 Å². The summed E-state index contributed by atoms with van der Waals surface area (Å²) in [5.74, 6) is 1.94. The minimum atomic E-state index is -3.14. The molecule has 2 bridgehead atoms. The molecule has 0 saturated heterocycles. The van der Waals surface area contributed by atoms with Crippen molar-refractivity contribution < 1.29 is 9.13 Å². The largest absolute Gasteiger partial charge is 0.309 e. The predicted molar refractivity (Wildman–Crippen MR) is 187 cm³/mol. The second kappa shape index (κ2) is 12.9. The molecule has 6 rings (SSSR count). The van der Waals surface area contributed by atoms with Gasteiger partial charge in [0.2, 0.25) is 0 Å². The van der Waals surface area contributed by atoms with Gasteiger partial charge in [0.1, 0.15) is 0 Å². The standard InChI is InChI=1S/C38H34O2P2S/c1-2-15-38-37(26-27-41(39,31-16-7-3-8-17-31)32-18-9-4-10-19-32)30-28-35(24-25-36(29-30)43-38)42(40,33-20-11-5-12-21-33)34-22-13-6-14-23-34/h2-28,30,36H,29H2,1H3/b15-2-,27-26+. The summed E-state index contributed by atoms with van der Waals surface area (Å²) in [5.41, 5.74) is 1.11. The van der Waals surface area contributed by atoms with Crippen molar-refractivity contribution in [3.8, 4) is 0 Å². The first-order valence-corrected chi connectivity index (χ1v) is 18.9. The van der Waals surface area contributed by atoms with E-state index in [9.17, 15) is 4.57 Å². The summed E-state index contributed by atoms with van der Waals surface area (Å²) in [5, 5.41) is 4.37. The number of rotatable bonds is 8. The number of allylic oxidation sites excluding steroid dienone is 7. The third-order valence-electron chi connectivity index (χ3n) is 7.97. The minimum Gasteiger partial charge on any atom is -0.309 e. The first kappa shape index (κ1) is 29.5. The van der Waals surface area contributed by atoms with E-state index in [0.717, 1.165) is 43.4 Å². The minimum absolute atomic E-state index is 0.0134. The van der Waals surface area contributed by atoms with Crippen molar-refractivity contribution in [3.05, 3.63) is 179 Å². The van der Waals surface area contributed by atoms with Gasteiger partial charge in [0.05, 0.1) is 0 Å². The topological polar surface area (TPSA) is 34.1 Å². The lowest BCUT2D eigenvalue weighted by Gasteiger charge is -2.28. The Morgan fingerprint density at radius 3 is 1.65 bits per heavy atom. The highest BCUT2D eigenvalue weighted by molar-refractivity contribution is 8.04. The van der Waals surface area contributed by atoms with Gasteiger partial charge in [-0.3, -0.25) is 0 Å². The molecule has 1 heterocycles. The molecule has 0 fully saturated rings. The van der Waals surface area contributed by atoms with E-state index in [1.54, 1.807) is 0 Å². The van der Waals surface area contributed by atoms with Crippen molar-refractivity contribution in [1.29, 1.82) is 0 Å². The molecule has 0 spiro atoms. The summed E-state index contributed by atoms with van der Waals surface area (Å²) in [7, 11) is -6.20. The summed E-state index contributed by atoms with van der Waals surface area (Å²) >= 11 is 1.82. The Kier molecular flexibility index (Phi) is 8.87. The zero-order chi connectivity index (χ0) is 29.7. The maximum atomic E-state index is 15.3. The number of fused-ring (bicyclic) bond motifs is 2. The van der Waals surface area contributed by atoms with Crippen LogP contribution in [0.5, 0.6) is 0 Å². The molecule has 5 heteroatoms. The van der Waals surface area contributed by atoms with Gasteiger partial charge in [-0.15, -0.1) is 11.8 Å². The Morgan fingerprint density at radius 2 is 1.16 bits per heavy atom. The Bertz CT molecular complexity index is 1740. The number of hydrogen-bond donors (Lipinski definition) is 0. The average molecular weight is 617 g/mol. The van der Waals surface area contributed by atoms with E-state index < -0.39 is 14.3 Å². The van der Waals surface area contributed by atoms with Crippen LogP contribution in [-0.2, 0) is 9.13 Å². The molecular weight excluding hydrogens is 582 g/mol. The molecular formula is C38H34O2P2S. The predicted octanol–water partition coefficient (Wildman–Crippen LogP) is 8.93. The van der Waals surface area contributed by atoms with Crippen LogP contribution in [0.2, 0.25) is 0 Å². The lowest BCUT2D eigenvalue weighted by atomic mass is 9.93. The van der Waals surface area contributed by atoms with Crippen molar-refractivity contribution >= 4 is 47.3 Å². The first-order chi connectivity index (χ1) is 21.0. The Labute approximate surface area is 259 Å². The molecule has 1 aliphatic heterocycles. The number of thioether (sulfide) groups is 1. The Hall–Kier alpha value is -3.61. The smallest absolute Gasteiger partial charge is 0.170 e. The van der Waals surface area contributed by atoms with Gasteiger partial charge in [-0.05, 0) is 24.7 Å². The maximum Gasteiger partial charge on any atom is 0.170 e. The van der Waals surface area contributed by atoms with Crippen molar-refractivity contribution in [2.75, 3.05) is 0 Å². The summed E-state index contributed by atoms with van der Waals surface area (Å²) in [6.45, 7) is 2.03. The van der Waals surface area contributed by atoms with E-state index in [4.69, 9.17) is 0 Å². The van der Waals surface area contributed by atoms with Crippen molar-refractivity contribution in [2.24, 2.45) is 5.92 Å². The molecule has 0 N–H and O–H groups in total. The van der Waals surface area contributed by atoms with Crippen molar-refractivity contribution in [2.45, 2.75) is 18.6 Å². The van der Waals surface area contributed by atoms with Crippen LogP contribution in [0.25, 0.3) is 0 Å². The third-order valence-corrected chi connectivity index (χ3v) is 15.0. The molecule has 43 heavy (non-hydrogen) atoms. The summed E-state index contributed by atoms with van der Waals surface area (Å²) in [6, 6.07) is 39.2. The second-order valence-electron chi connectivity index (χ2n) is 10.7. The normalized spacial score (nSPS) is 19.0. The van der Waals surface area contributed by atoms with Gasteiger partial charge in [-0.1, -0.05) is 158 Å². The quantitative estimate of drug-likeness (QED) is 0.185. The van der Waals surface area contributed by atoms with Crippen LogP contribution in [0.15, 0.2) is 179 Å². The van der Waals surface area contributed by atoms with Gasteiger partial charge in [-0.25, -0.2) is 0 Å². The van der Waals surface area contributed by atoms with Gasteiger partial charge in [0, 0.05) is 42.6 Å². The van der Waals surface area contributed by atoms with Crippen molar-refractivity contribution in [3.63, 3.8) is 0 Å². The lowest BCUT2D eigenvalue weighted by Crippen LogP contribution is -2.18. The van der Waals surface area contributed by atoms with Gasteiger partial charge in [0.15, 0.2) is 14.3 Å². The van der Waals surface area contributed by atoms with Crippen LogP contribution in [-0.4, -0.2) is 5.25 Å². The molecule has 1 aliphatic carbocycles. The highest BCUT2D eigenvalue weighted by atomic mass is 32.2. The lowest BCUT2D eigenvalue weighted by molar-refractivity contribution is 0.590. The molecule has 4 aromatic carbocycles. The zero-order valence-electron chi connectivity index (χ0n) is 24.1. The van der Waals surface area contributed by atoms with Crippen LogP contribution in [0.1, 0.15) is 13.3 Å². The van der Waals surface area contributed by atoms with Gasteiger partial charge >= 0.3 is 0 Å². The molecule has 2 aliphatic rings. The third kappa shape index (κ3) is 5.96. The fourth-order valence-electron chi connectivity index (χ4n) is 5.81. The summed E-state index contributed by atoms with van der Waals surface area (Å²) in [4.78, 5) is 1.16. The van der Waals surface area contributed by atoms with Gasteiger partial charge < -0.3 is 9.13 Å². The average Bonchev–Trinajstić information content (AvgIpc) is 3.25. The van der Waals surface area contributed by atoms with E-state index in [1.165, 1.54) is 0 Å². The van der Waals surface area contributed by atoms with E-state index in [1.807, 2.05) is 146 Å². The van der Waals surface area contributed by atoms with Gasteiger partial charge in [-0.2, -0.15) is 0 Å². The molecule has 0 saturated carbocycles. The highest BCUT2D eigenvalue weighted by Gasteiger charge is 2.35. The monoisotopic (exact) mass is 616 g/mol. The molecule has 2 atom stereocenters. The molecule has 0 radical (unpaired) electrons. The maximum absolute atomic E-state index is 15.3. The molecule has 0 aromatic heterocycles. The molecule has 2 unspecified atom stereocenters. The molecule has 214 valence electrons. The Balaban J connectivity index is 1.50. The summed E-state index contributed by atoms with van der Waals surface area (Å²) in [6.07, 6.45) is 13.7. The SMILES string of the molecule is C/C=C\C1=C(/C=C/P(=O)(c2ccccc2)c2ccccc2)C2C=C(P(=O)(c3ccccc3)c3ccccc3)C=CC(C2)S1. The van der Waals surface area contributed by atoms with E-state index in [2.05, 4.69) is 36.5 Å². The highest BCUT2D eigenvalue weighted by Crippen LogP contribution is 2.56. The van der Waals surface area contributed by atoms with E-state index in [0.29, 0.717) is 0 Å². The first-order valence-electron chi connectivity index (χ1n) is 14.6. The number of hydrogen-bond acceptors (Lipinski definition) is 3. The Morgan fingerprint density at radius 1 is 0.674 bits per heavy atom. The fraction of sp³-hybridized carbons (Fsp3) is 0.105. The van der Waals surface area contributed by atoms with E-state index in [-0.39, 0.29) is 11.2 Å². The fourth-order valence-corrected chi connectivity index (χ4v) is 12.2. The molecule has 2 nitrogen and oxygen atoms in total. The summed E-state index contributed by atoms with van der Waals surface area (Å²) < 4.78 is 30.1. The van der Waals surface area contributed by atoms with E-state index >= 15 is 4.57 Å². The molecule has 4 aromatic rings. The second-order valence-corrected chi connectivity index (χ2v) is 17.4.